The summed E-state index contributed by atoms with van der Waals surface area (Å²) in [6, 6.07) is 0. The first-order chi connectivity index (χ1) is 5.54. The van der Waals surface area contributed by atoms with Crippen LogP contribution < -0.4 is 11.5 Å². The van der Waals surface area contributed by atoms with Crippen LogP contribution in [0.15, 0.2) is 0 Å². The first-order valence-corrected chi connectivity index (χ1v) is 4.79. The van der Waals surface area contributed by atoms with Gasteiger partial charge >= 0.3 is 0 Å². The van der Waals surface area contributed by atoms with E-state index in [0.29, 0.717) is 18.2 Å². The Morgan fingerprint density at radius 3 is 1.58 bits per heavy atom. The molecular weight excluding hydrogens is 224 g/mol. The molecule has 0 fully saturated rings. The molecule has 0 aliphatic heterocycles. The van der Waals surface area contributed by atoms with Crippen molar-refractivity contribution in [3.63, 3.8) is 0 Å². The molecule has 0 aromatic carbocycles. The summed E-state index contributed by atoms with van der Waals surface area (Å²) < 4.78 is 0. The largest absolute Gasteiger partial charge is 0.370 e. The molecule has 0 unspecified atom stereocenters. The van der Waals surface area contributed by atoms with Crippen LogP contribution in [-0.2, 0) is 9.59 Å². The maximum atomic E-state index is 9.82. The number of rotatable bonds is 4. The lowest BCUT2D eigenvalue weighted by atomic mass is 10.3. The number of carbonyl (C=O) groups excluding carboxylic acids is 2. The molecule has 0 aromatic heterocycles. The van der Waals surface area contributed by atoms with Crippen molar-refractivity contribution in [2.24, 2.45) is 11.5 Å². The predicted octanol–water partition coefficient (Wildman–Crippen LogP) is 0.529. The highest BCUT2D eigenvalue weighted by atomic mass is 79.9. The molecule has 2 amide bonds. The minimum absolute atomic E-state index is 0.211. The van der Waals surface area contributed by atoms with E-state index in [2.05, 4.69) is 15.9 Å². The zero-order valence-corrected chi connectivity index (χ0v) is 8.76. The third kappa shape index (κ3) is 22.7. The molecule has 4 nitrogen and oxygen atoms in total. The number of amides is 2. The maximum absolute atomic E-state index is 9.82. The lowest BCUT2D eigenvalue weighted by Crippen LogP contribution is -2.09. The normalized spacial score (nSPS) is 8.17. The number of primary amides is 2. The van der Waals surface area contributed by atoms with Gasteiger partial charge in [0.2, 0.25) is 11.8 Å². The van der Waals surface area contributed by atoms with Gasteiger partial charge in [0.05, 0.1) is 0 Å². The monoisotopic (exact) mass is 238 g/mol. The molecule has 12 heavy (non-hydrogen) atoms. The highest BCUT2D eigenvalue weighted by Gasteiger charge is 1.85. The zero-order chi connectivity index (χ0) is 9.98. The Balaban J connectivity index is 0. The van der Waals surface area contributed by atoms with Crippen molar-refractivity contribution in [1.82, 2.24) is 0 Å². The molecule has 5 heteroatoms. The summed E-state index contributed by atoms with van der Waals surface area (Å²) in [5, 5.41) is 0.669. The molecule has 0 saturated carbocycles. The Hall–Kier alpha value is -0.580. The van der Waals surface area contributed by atoms with E-state index in [-0.39, 0.29) is 11.8 Å². The topological polar surface area (TPSA) is 86.2 Å². The quantitative estimate of drug-likeness (QED) is 0.701. The van der Waals surface area contributed by atoms with Gasteiger partial charge < -0.3 is 11.5 Å². The van der Waals surface area contributed by atoms with Crippen molar-refractivity contribution in [3.8, 4) is 0 Å². The van der Waals surface area contributed by atoms with Gasteiger partial charge in [-0.3, -0.25) is 9.59 Å². The van der Waals surface area contributed by atoms with Crippen LogP contribution >= 0.6 is 15.9 Å². The Kier molecular flexibility index (Phi) is 12.1. The van der Waals surface area contributed by atoms with E-state index in [9.17, 15) is 9.59 Å². The third-order valence-electron chi connectivity index (χ3n) is 0.837. The van der Waals surface area contributed by atoms with Crippen LogP contribution in [0.3, 0.4) is 0 Å². The van der Waals surface area contributed by atoms with Crippen LogP contribution in [0.25, 0.3) is 0 Å². The van der Waals surface area contributed by atoms with Crippen LogP contribution in [0.5, 0.6) is 0 Å². The van der Waals surface area contributed by atoms with Crippen LogP contribution in [0.4, 0.5) is 0 Å². The minimum Gasteiger partial charge on any atom is -0.370 e. The van der Waals surface area contributed by atoms with E-state index in [4.69, 9.17) is 11.5 Å². The van der Waals surface area contributed by atoms with Gasteiger partial charge in [-0.15, -0.1) is 0 Å². The molecule has 0 rings (SSSR count). The van der Waals surface area contributed by atoms with Gasteiger partial charge in [-0.1, -0.05) is 22.9 Å². The van der Waals surface area contributed by atoms with E-state index in [0.717, 1.165) is 6.42 Å². The molecule has 0 atom stereocenters. The summed E-state index contributed by atoms with van der Waals surface area (Å²) in [7, 11) is 0. The second-order valence-corrected chi connectivity index (χ2v) is 2.91. The fourth-order valence-corrected chi connectivity index (χ4v) is 0.730. The van der Waals surface area contributed by atoms with Gasteiger partial charge in [-0.25, -0.2) is 0 Å². The molecule has 0 aliphatic rings. The Morgan fingerprint density at radius 1 is 1.17 bits per heavy atom. The Bertz CT molecular complexity index is 123. The Labute approximate surface area is 80.8 Å². The molecular formula is C7H15BrN2O2. The fraction of sp³-hybridized carbons (Fsp3) is 0.714. The molecule has 0 aromatic rings. The average Bonchev–Trinajstić information content (AvgIpc) is 1.87. The number of hydrogen-bond donors (Lipinski definition) is 2. The number of carbonyl (C=O) groups is 2. The van der Waals surface area contributed by atoms with Crippen LogP contribution in [0.1, 0.15) is 26.2 Å². The summed E-state index contributed by atoms with van der Waals surface area (Å²) in [5.74, 6) is -0.468. The molecule has 0 radical (unpaired) electrons. The molecule has 0 spiro atoms. The smallest absolute Gasteiger partial charge is 0.218 e. The van der Waals surface area contributed by atoms with Crippen molar-refractivity contribution in [1.29, 1.82) is 0 Å². The third-order valence-corrected chi connectivity index (χ3v) is 1.23. The highest BCUT2D eigenvalue weighted by molar-refractivity contribution is 9.09. The van der Waals surface area contributed by atoms with Gasteiger partial charge in [-0.05, 0) is 6.42 Å². The van der Waals surface area contributed by atoms with Gasteiger partial charge in [-0.2, -0.15) is 0 Å². The first kappa shape index (κ1) is 14.0. The Morgan fingerprint density at radius 2 is 1.58 bits per heavy atom. The van der Waals surface area contributed by atoms with Crippen molar-refractivity contribution in [2.45, 2.75) is 26.2 Å². The summed E-state index contributed by atoms with van der Waals surface area (Å²) in [5.41, 5.74) is 9.50. The van der Waals surface area contributed by atoms with Crippen molar-refractivity contribution >= 4 is 27.7 Å². The maximum Gasteiger partial charge on any atom is 0.218 e. The highest BCUT2D eigenvalue weighted by Crippen LogP contribution is 1.82. The number of alkyl halides is 1. The van der Waals surface area contributed by atoms with Crippen molar-refractivity contribution in [2.75, 3.05) is 5.33 Å². The van der Waals surface area contributed by atoms with Crippen molar-refractivity contribution < 1.29 is 9.59 Å². The van der Waals surface area contributed by atoms with E-state index < -0.39 is 0 Å². The van der Waals surface area contributed by atoms with Crippen LogP contribution in [0, 0.1) is 0 Å². The lowest BCUT2D eigenvalue weighted by molar-refractivity contribution is -0.118. The van der Waals surface area contributed by atoms with E-state index in [1.807, 2.05) is 6.92 Å². The zero-order valence-electron chi connectivity index (χ0n) is 7.18. The SMILES string of the molecule is CCCC(N)=O.NC(=O)CCBr. The minimum atomic E-state index is -0.258. The van der Waals surface area contributed by atoms with Gasteiger partial charge in [0.15, 0.2) is 0 Å². The van der Waals surface area contributed by atoms with Gasteiger partial charge in [0, 0.05) is 18.2 Å². The second-order valence-electron chi connectivity index (χ2n) is 2.12. The molecule has 4 N–H and O–H groups in total. The summed E-state index contributed by atoms with van der Waals surface area (Å²) >= 11 is 3.05. The molecule has 72 valence electrons. The van der Waals surface area contributed by atoms with Crippen LogP contribution in [0.2, 0.25) is 0 Å². The lowest BCUT2D eigenvalue weighted by Gasteiger charge is -1.81. The van der Waals surface area contributed by atoms with Gasteiger partial charge in [0.1, 0.15) is 0 Å². The molecule has 0 saturated heterocycles. The summed E-state index contributed by atoms with van der Waals surface area (Å²) in [6.07, 6.45) is 1.80. The number of hydrogen-bond acceptors (Lipinski definition) is 2. The number of halogens is 1. The number of nitrogens with two attached hydrogens (primary N) is 2. The first-order valence-electron chi connectivity index (χ1n) is 3.67. The van der Waals surface area contributed by atoms with Crippen molar-refractivity contribution in [3.05, 3.63) is 0 Å². The average molecular weight is 239 g/mol. The molecule has 0 heterocycles. The standard InChI is InChI=1S/C4H9NO.C3H6BrNO/c1-2-3-4(5)6;4-2-1-3(5)6/h2-3H2,1H3,(H2,5,6);1-2H2,(H2,5,6). The van der Waals surface area contributed by atoms with Crippen LogP contribution in [-0.4, -0.2) is 17.1 Å². The summed E-state index contributed by atoms with van der Waals surface area (Å²) in [4.78, 5) is 19.6. The van der Waals surface area contributed by atoms with E-state index >= 15 is 0 Å². The van der Waals surface area contributed by atoms with E-state index in [1.165, 1.54) is 0 Å². The second kappa shape index (κ2) is 10.4. The van der Waals surface area contributed by atoms with Gasteiger partial charge in [0.25, 0.3) is 0 Å². The van der Waals surface area contributed by atoms with E-state index in [1.54, 1.807) is 0 Å². The fourth-order valence-electron chi connectivity index (χ4n) is 0.340. The molecule has 0 aliphatic carbocycles. The predicted molar refractivity (Wildman–Crippen MR) is 51.7 cm³/mol. The molecule has 0 bridgehead atoms. The summed E-state index contributed by atoms with van der Waals surface area (Å²) in [6.45, 7) is 1.92.